The summed E-state index contributed by atoms with van der Waals surface area (Å²) in [6.07, 6.45) is 0.767. The van der Waals surface area contributed by atoms with Gasteiger partial charge in [0.25, 0.3) is 0 Å². The molecule has 0 spiro atoms. The molecule has 0 aliphatic rings. The summed E-state index contributed by atoms with van der Waals surface area (Å²) in [6, 6.07) is 3.96. The monoisotopic (exact) mass is 273 g/mol. The standard InChI is InChI=1S/C8H4BrNOS2/c9-7-2-1-6(13-7)8-10-5(3-11)4-12-8/h1-4H. The maximum absolute atomic E-state index is 10.4. The zero-order valence-corrected chi connectivity index (χ0v) is 9.58. The molecule has 13 heavy (non-hydrogen) atoms. The summed E-state index contributed by atoms with van der Waals surface area (Å²) >= 11 is 6.48. The van der Waals surface area contributed by atoms with Crippen molar-refractivity contribution < 1.29 is 4.79 Å². The first kappa shape index (κ1) is 9.05. The summed E-state index contributed by atoms with van der Waals surface area (Å²) in [5.41, 5.74) is 0.504. The molecule has 2 aromatic rings. The fourth-order valence-electron chi connectivity index (χ4n) is 0.883. The molecule has 0 atom stereocenters. The van der Waals surface area contributed by atoms with Crippen LogP contribution in [0.4, 0.5) is 0 Å². The highest BCUT2D eigenvalue weighted by Gasteiger charge is 2.05. The molecule has 0 aromatic carbocycles. The Morgan fingerprint density at radius 2 is 2.31 bits per heavy atom. The highest BCUT2D eigenvalue weighted by molar-refractivity contribution is 9.11. The predicted molar refractivity (Wildman–Crippen MR) is 58.5 cm³/mol. The van der Waals surface area contributed by atoms with E-state index in [0.717, 1.165) is 20.0 Å². The molecule has 0 bridgehead atoms. The van der Waals surface area contributed by atoms with Crippen LogP contribution in [0.3, 0.4) is 0 Å². The zero-order chi connectivity index (χ0) is 9.26. The summed E-state index contributed by atoms with van der Waals surface area (Å²) in [5, 5.41) is 2.66. The summed E-state index contributed by atoms with van der Waals surface area (Å²) in [7, 11) is 0. The molecule has 2 rings (SSSR count). The lowest BCUT2D eigenvalue weighted by atomic mass is 10.5. The van der Waals surface area contributed by atoms with Gasteiger partial charge in [0.05, 0.1) is 8.66 Å². The van der Waals surface area contributed by atoms with E-state index in [0.29, 0.717) is 5.69 Å². The number of nitrogens with zero attached hydrogens (tertiary/aromatic N) is 1. The Bertz CT molecular complexity index is 435. The number of hydrogen-bond donors (Lipinski definition) is 0. The number of halogens is 1. The van der Waals surface area contributed by atoms with Crippen LogP contribution in [0.25, 0.3) is 9.88 Å². The van der Waals surface area contributed by atoms with E-state index >= 15 is 0 Å². The van der Waals surface area contributed by atoms with Gasteiger partial charge in [-0.05, 0) is 28.1 Å². The molecular weight excluding hydrogens is 270 g/mol. The number of aldehydes is 1. The van der Waals surface area contributed by atoms with Crippen LogP contribution in [0.15, 0.2) is 21.3 Å². The number of thiophene rings is 1. The maximum Gasteiger partial charge on any atom is 0.169 e. The second-order valence-electron chi connectivity index (χ2n) is 2.30. The van der Waals surface area contributed by atoms with Crippen molar-refractivity contribution in [1.82, 2.24) is 4.98 Å². The topological polar surface area (TPSA) is 30.0 Å². The van der Waals surface area contributed by atoms with Crippen molar-refractivity contribution in [2.45, 2.75) is 0 Å². The average molecular weight is 274 g/mol. The first-order valence-electron chi connectivity index (χ1n) is 3.46. The average Bonchev–Trinajstić information content (AvgIpc) is 2.71. The maximum atomic E-state index is 10.4. The molecule has 0 aliphatic carbocycles. The second kappa shape index (κ2) is 3.69. The lowest BCUT2D eigenvalue weighted by Crippen LogP contribution is -1.76. The van der Waals surface area contributed by atoms with E-state index in [2.05, 4.69) is 20.9 Å². The Balaban J connectivity index is 2.40. The van der Waals surface area contributed by atoms with E-state index in [1.807, 2.05) is 12.1 Å². The SMILES string of the molecule is O=Cc1csc(-c2ccc(Br)s2)n1. The minimum atomic E-state index is 0.504. The van der Waals surface area contributed by atoms with Crippen LogP contribution in [0.1, 0.15) is 10.5 Å². The minimum Gasteiger partial charge on any atom is -0.296 e. The van der Waals surface area contributed by atoms with Crippen molar-refractivity contribution in [2.24, 2.45) is 0 Å². The molecule has 2 nitrogen and oxygen atoms in total. The van der Waals surface area contributed by atoms with Crippen molar-refractivity contribution in [3.05, 3.63) is 27.0 Å². The number of aromatic nitrogens is 1. The molecule has 0 amide bonds. The van der Waals surface area contributed by atoms with Crippen LogP contribution < -0.4 is 0 Å². The van der Waals surface area contributed by atoms with E-state index < -0.39 is 0 Å². The van der Waals surface area contributed by atoms with Crippen LogP contribution in [0, 0.1) is 0 Å². The summed E-state index contributed by atoms with van der Waals surface area (Å²) < 4.78 is 1.07. The van der Waals surface area contributed by atoms with Gasteiger partial charge in [0.1, 0.15) is 10.7 Å². The van der Waals surface area contributed by atoms with Gasteiger partial charge in [0, 0.05) is 5.38 Å². The molecule has 0 radical (unpaired) electrons. The minimum absolute atomic E-state index is 0.504. The van der Waals surface area contributed by atoms with Gasteiger partial charge in [-0.2, -0.15) is 0 Å². The van der Waals surface area contributed by atoms with Crippen LogP contribution >= 0.6 is 38.6 Å². The van der Waals surface area contributed by atoms with Gasteiger partial charge in [0.2, 0.25) is 0 Å². The fourth-order valence-corrected chi connectivity index (χ4v) is 3.11. The molecule has 2 heterocycles. The van der Waals surface area contributed by atoms with Gasteiger partial charge < -0.3 is 0 Å². The molecule has 0 N–H and O–H groups in total. The van der Waals surface area contributed by atoms with E-state index in [9.17, 15) is 4.79 Å². The van der Waals surface area contributed by atoms with E-state index in [1.54, 1.807) is 16.7 Å². The van der Waals surface area contributed by atoms with E-state index in [4.69, 9.17) is 0 Å². The third-order valence-corrected chi connectivity index (χ3v) is 4.08. The largest absolute Gasteiger partial charge is 0.296 e. The Hall–Kier alpha value is -0.520. The quantitative estimate of drug-likeness (QED) is 0.785. The number of hydrogen-bond acceptors (Lipinski definition) is 4. The van der Waals surface area contributed by atoms with Crippen molar-refractivity contribution in [1.29, 1.82) is 0 Å². The van der Waals surface area contributed by atoms with Gasteiger partial charge in [-0.1, -0.05) is 0 Å². The normalized spacial score (nSPS) is 10.2. The summed E-state index contributed by atoms with van der Waals surface area (Å²) in [4.78, 5) is 15.6. The smallest absolute Gasteiger partial charge is 0.169 e. The van der Waals surface area contributed by atoms with Crippen LogP contribution in [0.2, 0.25) is 0 Å². The highest BCUT2D eigenvalue weighted by atomic mass is 79.9. The Morgan fingerprint density at radius 1 is 1.46 bits per heavy atom. The number of carbonyl (C=O) groups excluding carboxylic acids is 1. The fraction of sp³-hybridized carbons (Fsp3) is 0. The molecular formula is C8H4BrNOS2. The predicted octanol–water partition coefficient (Wildman–Crippen LogP) is 3.45. The highest BCUT2D eigenvalue weighted by Crippen LogP contribution is 2.32. The molecule has 0 saturated carbocycles. The second-order valence-corrected chi connectivity index (χ2v) is 5.62. The van der Waals surface area contributed by atoms with Crippen molar-refractivity contribution >= 4 is 44.9 Å². The third-order valence-electron chi connectivity index (χ3n) is 1.43. The Kier molecular flexibility index (Phi) is 2.57. The zero-order valence-electron chi connectivity index (χ0n) is 6.36. The lowest BCUT2D eigenvalue weighted by Gasteiger charge is -1.85. The van der Waals surface area contributed by atoms with Gasteiger partial charge in [-0.15, -0.1) is 22.7 Å². The lowest BCUT2D eigenvalue weighted by molar-refractivity contribution is 0.111. The number of rotatable bonds is 2. The van der Waals surface area contributed by atoms with Crippen molar-refractivity contribution in [3.63, 3.8) is 0 Å². The molecule has 66 valence electrons. The number of thiazole rings is 1. The molecule has 0 aliphatic heterocycles. The van der Waals surface area contributed by atoms with Crippen LogP contribution in [-0.2, 0) is 0 Å². The number of carbonyl (C=O) groups is 1. The van der Waals surface area contributed by atoms with Gasteiger partial charge in [-0.3, -0.25) is 4.79 Å². The van der Waals surface area contributed by atoms with Crippen LogP contribution in [0.5, 0.6) is 0 Å². The van der Waals surface area contributed by atoms with Crippen molar-refractivity contribution in [2.75, 3.05) is 0 Å². The van der Waals surface area contributed by atoms with Gasteiger partial charge >= 0.3 is 0 Å². The summed E-state index contributed by atoms with van der Waals surface area (Å²) in [6.45, 7) is 0. The third kappa shape index (κ3) is 1.87. The summed E-state index contributed by atoms with van der Waals surface area (Å²) in [5.74, 6) is 0. The molecule has 0 saturated heterocycles. The van der Waals surface area contributed by atoms with Crippen molar-refractivity contribution in [3.8, 4) is 9.88 Å². The van der Waals surface area contributed by atoms with E-state index in [-0.39, 0.29) is 0 Å². The molecule has 2 aromatic heterocycles. The first-order valence-corrected chi connectivity index (χ1v) is 5.95. The van der Waals surface area contributed by atoms with Gasteiger partial charge in [0.15, 0.2) is 6.29 Å². The Labute approximate surface area is 91.4 Å². The Morgan fingerprint density at radius 3 is 2.85 bits per heavy atom. The van der Waals surface area contributed by atoms with Crippen LogP contribution in [-0.4, -0.2) is 11.3 Å². The molecule has 0 unspecified atom stereocenters. The molecule has 5 heteroatoms. The molecule has 0 fully saturated rings. The first-order chi connectivity index (χ1) is 6.29. The van der Waals surface area contributed by atoms with E-state index in [1.165, 1.54) is 11.3 Å². The van der Waals surface area contributed by atoms with Gasteiger partial charge in [-0.25, -0.2) is 4.98 Å².